The lowest BCUT2D eigenvalue weighted by Crippen LogP contribution is -2.46. The molecule has 1 saturated heterocycles. The highest BCUT2D eigenvalue weighted by molar-refractivity contribution is 7.12. The Labute approximate surface area is 140 Å². The van der Waals surface area contributed by atoms with Crippen LogP contribution in [0, 0.1) is 6.92 Å². The van der Waals surface area contributed by atoms with Gasteiger partial charge in [-0.05, 0) is 24.8 Å². The van der Waals surface area contributed by atoms with Gasteiger partial charge in [-0.1, -0.05) is 18.1 Å². The fourth-order valence-corrected chi connectivity index (χ4v) is 3.63. The van der Waals surface area contributed by atoms with Crippen LogP contribution in [0.2, 0.25) is 0 Å². The molecule has 5 nitrogen and oxygen atoms in total. The second kappa shape index (κ2) is 7.38. The molecule has 2 aromatic rings. The molecule has 0 radical (unpaired) electrons. The number of ether oxygens (including phenoxy) is 1. The van der Waals surface area contributed by atoms with Crippen molar-refractivity contribution in [3.63, 3.8) is 0 Å². The van der Waals surface area contributed by atoms with Crippen molar-refractivity contribution < 1.29 is 14.1 Å². The molecule has 3 heterocycles. The molecule has 3 rings (SSSR count). The smallest absolute Gasteiger partial charge is 0.174 e. The Kier molecular flexibility index (Phi) is 5.25. The van der Waals surface area contributed by atoms with Gasteiger partial charge in [-0.25, -0.2) is 0 Å². The fourth-order valence-electron chi connectivity index (χ4n) is 2.96. The van der Waals surface area contributed by atoms with Crippen molar-refractivity contribution in [3.05, 3.63) is 39.4 Å². The predicted molar refractivity (Wildman–Crippen MR) is 88.9 cm³/mol. The molecule has 2 aromatic heterocycles. The molecule has 0 amide bonds. The van der Waals surface area contributed by atoms with Crippen LogP contribution >= 0.6 is 11.3 Å². The summed E-state index contributed by atoms with van der Waals surface area (Å²) in [7, 11) is 0. The van der Waals surface area contributed by atoms with E-state index in [0.717, 1.165) is 41.4 Å². The first kappa shape index (κ1) is 16.4. The zero-order chi connectivity index (χ0) is 16.2. The molecule has 0 bridgehead atoms. The van der Waals surface area contributed by atoms with Crippen molar-refractivity contribution >= 4 is 17.1 Å². The summed E-state index contributed by atoms with van der Waals surface area (Å²) in [5, 5.41) is 6.07. The Bertz CT molecular complexity index is 651. The predicted octanol–water partition coefficient (Wildman–Crippen LogP) is 3.08. The molecule has 0 aliphatic carbocycles. The van der Waals surface area contributed by atoms with Gasteiger partial charge in [0, 0.05) is 31.1 Å². The number of hydrogen-bond acceptors (Lipinski definition) is 6. The maximum atomic E-state index is 12.4. The zero-order valence-electron chi connectivity index (χ0n) is 13.6. The lowest BCUT2D eigenvalue weighted by Gasteiger charge is -2.35. The van der Waals surface area contributed by atoms with Gasteiger partial charge in [0.2, 0.25) is 0 Å². The summed E-state index contributed by atoms with van der Waals surface area (Å²) in [6.45, 7) is 6.93. The second-order valence-electron chi connectivity index (χ2n) is 5.82. The van der Waals surface area contributed by atoms with E-state index in [2.05, 4.69) is 17.0 Å². The summed E-state index contributed by atoms with van der Waals surface area (Å²) >= 11 is 1.50. The Hall–Kier alpha value is -1.50. The first-order valence-electron chi connectivity index (χ1n) is 8.01. The normalized spacial score (nSPS) is 19.1. The molecule has 23 heavy (non-hydrogen) atoms. The first-order valence-corrected chi connectivity index (χ1v) is 8.89. The molecule has 1 aliphatic heterocycles. The number of aryl methyl sites for hydroxylation is 2. The van der Waals surface area contributed by atoms with Gasteiger partial charge in [0.1, 0.15) is 5.76 Å². The number of morpholine rings is 1. The minimum atomic E-state index is 0.109. The number of hydrogen-bond donors (Lipinski definition) is 0. The van der Waals surface area contributed by atoms with Gasteiger partial charge in [0.25, 0.3) is 0 Å². The van der Waals surface area contributed by atoms with Crippen LogP contribution in [-0.4, -0.2) is 41.6 Å². The number of aromatic nitrogens is 1. The van der Waals surface area contributed by atoms with Crippen LogP contribution in [0.3, 0.4) is 0 Å². The van der Waals surface area contributed by atoms with Crippen LogP contribution in [0.1, 0.15) is 40.0 Å². The highest BCUT2D eigenvalue weighted by Crippen LogP contribution is 2.22. The summed E-state index contributed by atoms with van der Waals surface area (Å²) in [6, 6.07) is 3.92. The summed E-state index contributed by atoms with van der Waals surface area (Å²) < 4.78 is 10.9. The minimum Gasteiger partial charge on any atom is -0.378 e. The van der Waals surface area contributed by atoms with Gasteiger partial charge >= 0.3 is 0 Å². The standard InChI is InChI=1S/C17H22N2O3S/c1-3-15-14(12(2)22-18-15)10-19-6-7-21-11-13(19)9-16(20)17-5-4-8-23-17/h4-5,8,13H,3,6-7,9-11H2,1-2H3/t13-/m1/s1. The summed E-state index contributed by atoms with van der Waals surface area (Å²) in [5.41, 5.74) is 2.17. The van der Waals surface area contributed by atoms with Crippen molar-refractivity contribution in [2.45, 2.75) is 39.3 Å². The van der Waals surface area contributed by atoms with Crippen LogP contribution in [-0.2, 0) is 17.7 Å². The number of rotatable bonds is 6. The van der Waals surface area contributed by atoms with Gasteiger partial charge in [-0.2, -0.15) is 0 Å². The Balaban J connectivity index is 1.71. The first-order chi connectivity index (χ1) is 11.2. The number of nitrogens with zero attached hydrogens (tertiary/aromatic N) is 2. The van der Waals surface area contributed by atoms with Crippen molar-refractivity contribution in [1.82, 2.24) is 10.1 Å². The van der Waals surface area contributed by atoms with E-state index in [1.807, 2.05) is 24.4 Å². The molecule has 0 saturated carbocycles. The summed E-state index contributed by atoms with van der Waals surface area (Å²) in [6.07, 6.45) is 1.35. The van der Waals surface area contributed by atoms with Crippen molar-refractivity contribution in [1.29, 1.82) is 0 Å². The zero-order valence-corrected chi connectivity index (χ0v) is 14.4. The highest BCUT2D eigenvalue weighted by Gasteiger charge is 2.28. The Morgan fingerprint density at radius 2 is 2.39 bits per heavy atom. The average molecular weight is 334 g/mol. The molecule has 6 heteroatoms. The van der Waals surface area contributed by atoms with E-state index in [9.17, 15) is 4.79 Å². The van der Waals surface area contributed by atoms with Gasteiger partial charge in [-0.3, -0.25) is 9.69 Å². The molecular formula is C17H22N2O3S. The molecule has 0 unspecified atom stereocenters. The van der Waals surface area contributed by atoms with Crippen LogP contribution < -0.4 is 0 Å². The maximum absolute atomic E-state index is 12.4. The van der Waals surface area contributed by atoms with E-state index in [0.29, 0.717) is 19.6 Å². The number of thiophene rings is 1. The van der Waals surface area contributed by atoms with Gasteiger partial charge < -0.3 is 9.26 Å². The molecule has 1 aliphatic rings. The minimum absolute atomic E-state index is 0.109. The Morgan fingerprint density at radius 3 is 3.13 bits per heavy atom. The third kappa shape index (κ3) is 3.71. The maximum Gasteiger partial charge on any atom is 0.174 e. The van der Waals surface area contributed by atoms with E-state index >= 15 is 0 Å². The van der Waals surface area contributed by atoms with Crippen LogP contribution in [0.4, 0.5) is 0 Å². The van der Waals surface area contributed by atoms with Crippen molar-refractivity contribution in [2.24, 2.45) is 0 Å². The van der Waals surface area contributed by atoms with Gasteiger partial charge in [0.15, 0.2) is 5.78 Å². The van der Waals surface area contributed by atoms with Gasteiger partial charge in [-0.15, -0.1) is 11.3 Å². The summed E-state index contributed by atoms with van der Waals surface area (Å²) in [5.74, 6) is 1.06. The number of carbonyl (C=O) groups excluding carboxylic acids is 1. The van der Waals surface area contributed by atoms with E-state index < -0.39 is 0 Å². The van der Waals surface area contributed by atoms with Crippen molar-refractivity contribution in [3.8, 4) is 0 Å². The van der Waals surface area contributed by atoms with E-state index in [1.54, 1.807) is 0 Å². The van der Waals surface area contributed by atoms with E-state index in [4.69, 9.17) is 9.26 Å². The molecule has 1 atom stereocenters. The quantitative estimate of drug-likeness (QED) is 0.760. The van der Waals surface area contributed by atoms with Gasteiger partial charge in [0.05, 0.1) is 23.8 Å². The van der Waals surface area contributed by atoms with Crippen LogP contribution in [0.25, 0.3) is 0 Å². The largest absolute Gasteiger partial charge is 0.378 e. The highest BCUT2D eigenvalue weighted by atomic mass is 32.1. The summed E-state index contributed by atoms with van der Waals surface area (Å²) in [4.78, 5) is 15.6. The lowest BCUT2D eigenvalue weighted by molar-refractivity contribution is -0.0128. The molecule has 0 N–H and O–H groups in total. The molecule has 0 spiro atoms. The number of ketones is 1. The van der Waals surface area contributed by atoms with E-state index in [1.165, 1.54) is 11.3 Å². The monoisotopic (exact) mass is 334 g/mol. The number of carbonyl (C=O) groups is 1. The molecule has 1 fully saturated rings. The number of Topliss-reactive ketones (excluding diaryl/α,β-unsaturated/α-hetero) is 1. The second-order valence-corrected chi connectivity index (χ2v) is 6.77. The molecular weight excluding hydrogens is 312 g/mol. The topological polar surface area (TPSA) is 55.6 Å². The molecule has 124 valence electrons. The molecule has 0 aromatic carbocycles. The van der Waals surface area contributed by atoms with E-state index in [-0.39, 0.29) is 11.8 Å². The fraction of sp³-hybridized carbons (Fsp3) is 0.529. The average Bonchev–Trinajstić information content (AvgIpc) is 3.20. The SMILES string of the molecule is CCc1noc(C)c1CN1CCOC[C@H]1CC(=O)c1cccs1. The van der Waals surface area contributed by atoms with Crippen LogP contribution in [0.15, 0.2) is 22.0 Å². The third-order valence-corrected chi connectivity index (χ3v) is 5.24. The third-order valence-electron chi connectivity index (χ3n) is 4.33. The Morgan fingerprint density at radius 1 is 1.52 bits per heavy atom. The lowest BCUT2D eigenvalue weighted by atomic mass is 10.0. The van der Waals surface area contributed by atoms with Crippen LogP contribution in [0.5, 0.6) is 0 Å². The van der Waals surface area contributed by atoms with Crippen molar-refractivity contribution in [2.75, 3.05) is 19.8 Å².